The number of aliphatic imine (C=N–C) groups is 1. The van der Waals surface area contributed by atoms with Crippen molar-refractivity contribution < 1.29 is 19.1 Å². The van der Waals surface area contributed by atoms with Gasteiger partial charge in [-0.3, -0.25) is 4.79 Å². The molecule has 1 aliphatic rings. The second-order valence-electron chi connectivity index (χ2n) is 7.40. The molecule has 166 valence electrons. The molecular weight excluding hydrogens is 418 g/mol. The van der Waals surface area contributed by atoms with Crippen molar-refractivity contribution in [2.75, 3.05) is 13.2 Å². The first-order chi connectivity index (χ1) is 15.0. The molecule has 2 unspecified atom stereocenters. The van der Waals surface area contributed by atoms with Crippen LogP contribution in [0.3, 0.4) is 0 Å². The van der Waals surface area contributed by atoms with Gasteiger partial charge in [0.15, 0.2) is 5.82 Å². The quantitative estimate of drug-likeness (QED) is 0.394. The summed E-state index contributed by atoms with van der Waals surface area (Å²) in [5, 5.41) is 4.90. The first-order valence-corrected chi connectivity index (χ1v) is 11.1. The van der Waals surface area contributed by atoms with Crippen molar-refractivity contribution in [3.8, 4) is 0 Å². The molecule has 7 nitrogen and oxygen atoms in total. The molecular formula is C23H28ClN3O4. The summed E-state index contributed by atoms with van der Waals surface area (Å²) in [6.45, 7) is 6.41. The fourth-order valence-electron chi connectivity index (χ4n) is 3.77. The van der Waals surface area contributed by atoms with Crippen molar-refractivity contribution >= 4 is 35.2 Å². The smallest absolute Gasteiger partial charge is 0.434 e. The maximum absolute atomic E-state index is 13.0. The van der Waals surface area contributed by atoms with E-state index in [1.807, 2.05) is 32.0 Å². The van der Waals surface area contributed by atoms with Crippen LogP contribution in [-0.2, 0) is 14.3 Å². The zero-order valence-electron chi connectivity index (χ0n) is 18.1. The highest BCUT2D eigenvalue weighted by molar-refractivity contribution is 6.31. The van der Waals surface area contributed by atoms with E-state index in [-0.39, 0.29) is 12.6 Å². The second-order valence-corrected chi connectivity index (χ2v) is 7.81. The molecule has 0 fully saturated rings. The highest BCUT2D eigenvalue weighted by Crippen LogP contribution is 2.45. The Morgan fingerprint density at radius 1 is 1.10 bits per heavy atom. The lowest BCUT2D eigenvalue weighted by Crippen LogP contribution is -2.34. The van der Waals surface area contributed by atoms with Crippen molar-refractivity contribution in [2.45, 2.75) is 52.4 Å². The number of hydrogen-bond acceptors (Lipinski definition) is 6. The van der Waals surface area contributed by atoms with E-state index >= 15 is 0 Å². The molecule has 0 N–H and O–H groups in total. The van der Waals surface area contributed by atoms with Gasteiger partial charge in [0.2, 0.25) is 0 Å². The number of esters is 1. The Morgan fingerprint density at radius 3 is 2.55 bits per heavy atom. The molecule has 1 aliphatic heterocycles. The van der Waals surface area contributed by atoms with Crippen LogP contribution in [0, 0.1) is 5.92 Å². The van der Waals surface area contributed by atoms with Crippen LogP contribution < -0.4 is 0 Å². The Bertz CT molecular complexity index is 969. The summed E-state index contributed by atoms with van der Waals surface area (Å²) in [7, 11) is 0. The maximum atomic E-state index is 13.0. The SMILES string of the molecule is CCCCOC(=O)n1cc2c(n1)N=C(CCC)C(C(=O)OCC)C2c1ccccc1Cl. The first kappa shape index (κ1) is 23.0. The zero-order valence-corrected chi connectivity index (χ0v) is 18.9. The van der Waals surface area contributed by atoms with Gasteiger partial charge in [0.05, 0.1) is 13.2 Å². The zero-order chi connectivity index (χ0) is 22.4. The Labute approximate surface area is 187 Å². The van der Waals surface area contributed by atoms with Crippen LogP contribution in [0.25, 0.3) is 0 Å². The molecule has 8 heteroatoms. The van der Waals surface area contributed by atoms with Crippen molar-refractivity contribution in [1.29, 1.82) is 0 Å². The van der Waals surface area contributed by atoms with Gasteiger partial charge in [0.1, 0.15) is 5.92 Å². The van der Waals surface area contributed by atoms with Crippen LogP contribution >= 0.6 is 11.6 Å². The minimum absolute atomic E-state index is 0.264. The van der Waals surface area contributed by atoms with Crippen molar-refractivity contribution in [3.63, 3.8) is 0 Å². The predicted molar refractivity (Wildman–Crippen MR) is 119 cm³/mol. The fraction of sp³-hybridized carbons (Fsp3) is 0.478. The fourth-order valence-corrected chi connectivity index (χ4v) is 4.02. The molecule has 2 aromatic rings. The van der Waals surface area contributed by atoms with E-state index in [1.165, 1.54) is 0 Å². The summed E-state index contributed by atoms with van der Waals surface area (Å²) < 4.78 is 11.9. The summed E-state index contributed by atoms with van der Waals surface area (Å²) >= 11 is 6.54. The Kier molecular flexibility index (Phi) is 7.85. The monoisotopic (exact) mass is 445 g/mol. The summed E-state index contributed by atoms with van der Waals surface area (Å²) in [6, 6.07) is 7.38. The molecule has 0 bridgehead atoms. The van der Waals surface area contributed by atoms with Gasteiger partial charge in [-0.15, -0.1) is 5.10 Å². The van der Waals surface area contributed by atoms with Crippen LogP contribution in [0.4, 0.5) is 10.6 Å². The van der Waals surface area contributed by atoms with Crippen molar-refractivity contribution in [3.05, 3.63) is 46.6 Å². The number of aromatic nitrogens is 2. The number of carbonyl (C=O) groups is 2. The minimum Gasteiger partial charge on any atom is -0.465 e. The van der Waals surface area contributed by atoms with Gasteiger partial charge in [-0.2, -0.15) is 4.68 Å². The lowest BCUT2D eigenvalue weighted by molar-refractivity contribution is -0.146. The van der Waals surface area contributed by atoms with Crippen LogP contribution in [0.1, 0.15) is 63.5 Å². The number of fused-ring (bicyclic) bond motifs is 1. The number of rotatable bonds is 8. The van der Waals surface area contributed by atoms with E-state index < -0.39 is 17.9 Å². The van der Waals surface area contributed by atoms with E-state index in [4.69, 9.17) is 21.1 Å². The Hall–Kier alpha value is -2.67. The van der Waals surface area contributed by atoms with Crippen LogP contribution in [-0.4, -0.2) is 40.8 Å². The summed E-state index contributed by atoms with van der Waals surface area (Å²) in [5.41, 5.74) is 2.10. The lowest BCUT2D eigenvalue weighted by Gasteiger charge is -2.30. The summed E-state index contributed by atoms with van der Waals surface area (Å²) in [5.74, 6) is -1.05. The average molecular weight is 446 g/mol. The highest BCUT2D eigenvalue weighted by atomic mass is 35.5. The molecule has 0 aliphatic carbocycles. The minimum atomic E-state index is -0.638. The van der Waals surface area contributed by atoms with Crippen LogP contribution in [0.2, 0.25) is 5.02 Å². The molecule has 1 aromatic heterocycles. The van der Waals surface area contributed by atoms with Crippen LogP contribution in [0.5, 0.6) is 0 Å². The number of benzene rings is 1. The largest absolute Gasteiger partial charge is 0.465 e. The van der Waals surface area contributed by atoms with E-state index in [9.17, 15) is 9.59 Å². The van der Waals surface area contributed by atoms with Gasteiger partial charge in [-0.05, 0) is 31.4 Å². The van der Waals surface area contributed by atoms with E-state index in [0.717, 1.165) is 29.5 Å². The van der Waals surface area contributed by atoms with E-state index in [0.29, 0.717) is 35.1 Å². The highest BCUT2D eigenvalue weighted by Gasteiger charge is 2.42. The van der Waals surface area contributed by atoms with Crippen LogP contribution in [0.15, 0.2) is 35.5 Å². The molecule has 31 heavy (non-hydrogen) atoms. The second kappa shape index (κ2) is 10.6. The molecule has 0 spiro atoms. The van der Waals surface area contributed by atoms with E-state index in [2.05, 4.69) is 10.1 Å². The van der Waals surface area contributed by atoms with Gasteiger partial charge in [-0.25, -0.2) is 9.79 Å². The van der Waals surface area contributed by atoms with E-state index in [1.54, 1.807) is 19.2 Å². The van der Waals surface area contributed by atoms with Gasteiger partial charge >= 0.3 is 12.1 Å². The Morgan fingerprint density at radius 2 is 1.87 bits per heavy atom. The molecule has 2 atom stereocenters. The molecule has 3 rings (SSSR count). The standard InChI is InChI=1S/C23H28ClN3O4/c1-4-7-13-31-23(29)27-14-16-19(15-11-8-9-12-17(15)24)20(22(28)30-6-3)18(10-5-2)25-21(16)26-27/h8-9,11-12,14,19-20H,4-7,10,13H2,1-3H3. The number of carbonyl (C=O) groups excluding carboxylic acids is 2. The molecule has 1 aromatic carbocycles. The molecule has 0 amide bonds. The maximum Gasteiger partial charge on any atom is 0.434 e. The van der Waals surface area contributed by atoms with Crippen molar-refractivity contribution in [1.82, 2.24) is 9.78 Å². The number of unbranched alkanes of at least 4 members (excludes halogenated alkanes) is 1. The van der Waals surface area contributed by atoms with Gasteiger partial charge in [-0.1, -0.05) is 56.5 Å². The van der Waals surface area contributed by atoms with Gasteiger partial charge in [0.25, 0.3) is 0 Å². The van der Waals surface area contributed by atoms with Crippen molar-refractivity contribution in [2.24, 2.45) is 10.9 Å². The topological polar surface area (TPSA) is 82.8 Å². The normalized spacial score (nSPS) is 17.6. The lowest BCUT2D eigenvalue weighted by atomic mass is 9.76. The number of halogens is 1. The molecule has 2 heterocycles. The third-order valence-corrected chi connectivity index (χ3v) is 5.54. The molecule has 0 radical (unpaired) electrons. The molecule has 0 saturated heterocycles. The average Bonchev–Trinajstić information content (AvgIpc) is 3.18. The first-order valence-electron chi connectivity index (χ1n) is 10.8. The molecule has 0 saturated carbocycles. The number of hydrogen-bond donors (Lipinski definition) is 0. The third kappa shape index (κ3) is 4.98. The Balaban J connectivity index is 2.10. The number of ether oxygens (including phenoxy) is 2. The predicted octanol–water partition coefficient (Wildman–Crippen LogP) is 5.52. The van der Waals surface area contributed by atoms with Gasteiger partial charge in [0, 0.05) is 28.4 Å². The summed E-state index contributed by atoms with van der Waals surface area (Å²) in [6.07, 6.45) is 4.13. The number of nitrogens with zero attached hydrogens (tertiary/aromatic N) is 3. The third-order valence-electron chi connectivity index (χ3n) is 5.20. The van der Waals surface area contributed by atoms with Gasteiger partial charge < -0.3 is 9.47 Å². The summed E-state index contributed by atoms with van der Waals surface area (Å²) in [4.78, 5) is 30.2.